The molecule has 10 nitrogen and oxygen atoms in total. The number of hydrogen-bond donors (Lipinski definition) is 1. The van der Waals surface area contributed by atoms with Crippen molar-refractivity contribution in [2.24, 2.45) is 0 Å². The smallest absolute Gasteiger partial charge is 0.253 e. The highest BCUT2D eigenvalue weighted by atomic mass is 16.5. The molecule has 1 atom stereocenters. The lowest BCUT2D eigenvalue weighted by Crippen LogP contribution is -2.49. The van der Waals surface area contributed by atoms with Crippen molar-refractivity contribution in [1.29, 1.82) is 0 Å². The summed E-state index contributed by atoms with van der Waals surface area (Å²) in [5, 5.41) is 3.50. The zero-order valence-corrected chi connectivity index (χ0v) is 23.0. The third-order valence-corrected chi connectivity index (χ3v) is 7.60. The number of ether oxygens (including phenoxy) is 2. The molecule has 4 aromatic rings. The van der Waals surface area contributed by atoms with Gasteiger partial charge < -0.3 is 29.2 Å². The Bertz CT molecular complexity index is 1470. The first-order valence-corrected chi connectivity index (χ1v) is 13.9. The number of rotatable bonds is 8. The monoisotopic (exact) mass is 541 g/mol. The second kappa shape index (κ2) is 11.5. The van der Waals surface area contributed by atoms with Gasteiger partial charge in [0.15, 0.2) is 17.0 Å². The molecule has 4 heterocycles. The summed E-state index contributed by atoms with van der Waals surface area (Å²) < 4.78 is 13.1. The lowest BCUT2D eigenvalue weighted by Gasteiger charge is -2.35. The van der Waals surface area contributed by atoms with Crippen LogP contribution in [0.4, 0.5) is 11.8 Å². The minimum absolute atomic E-state index is 0.0221. The molecular weight excluding hydrogens is 506 g/mol. The van der Waals surface area contributed by atoms with Crippen LogP contribution in [-0.2, 0) is 11.3 Å². The van der Waals surface area contributed by atoms with Gasteiger partial charge in [-0.15, -0.1) is 0 Å². The number of nitrogens with one attached hydrogen (secondary N) is 1. The summed E-state index contributed by atoms with van der Waals surface area (Å²) in [7, 11) is 1.62. The molecule has 10 heteroatoms. The molecule has 40 heavy (non-hydrogen) atoms. The van der Waals surface area contributed by atoms with Crippen LogP contribution >= 0.6 is 0 Å². The molecule has 2 aromatic heterocycles. The number of hydrogen-bond acceptors (Lipinski definition) is 8. The molecule has 2 fully saturated rings. The van der Waals surface area contributed by atoms with Gasteiger partial charge in [0.05, 0.1) is 26.1 Å². The van der Waals surface area contributed by atoms with Crippen LogP contribution in [0.3, 0.4) is 0 Å². The van der Waals surface area contributed by atoms with Crippen molar-refractivity contribution in [2.45, 2.75) is 32.4 Å². The van der Waals surface area contributed by atoms with Crippen molar-refractivity contribution in [3.63, 3.8) is 0 Å². The number of nitrogens with zero attached hydrogens (tertiary/aromatic N) is 6. The third kappa shape index (κ3) is 5.58. The Morgan fingerprint density at radius 2 is 1.93 bits per heavy atom. The van der Waals surface area contributed by atoms with E-state index in [-0.39, 0.29) is 12.0 Å². The molecule has 2 aliphatic rings. The first-order valence-electron chi connectivity index (χ1n) is 13.9. The van der Waals surface area contributed by atoms with Crippen molar-refractivity contribution < 1.29 is 14.3 Å². The number of carbonyl (C=O) groups is 1. The summed E-state index contributed by atoms with van der Waals surface area (Å²) in [6.07, 6.45) is 4.14. The Morgan fingerprint density at radius 1 is 1.10 bits per heavy atom. The molecule has 1 unspecified atom stereocenters. The van der Waals surface area contributed by atoms with Gasteiger partial charge >= 0.3 is 0 Å². The first-order chi connectivity index (χ1) is 19.6. The Kier molecular flexibility index (Phi) is 7.50. The zero-order valence-electron chi connectivity index (χ0n) is 23.0. The van der Waals surface area contributed by atoms with Gasteiger partial charge in [-0.3, -0.25) is 4.79 Å². The van der Waals surface area contributed by atoms with Crippen LogP contribution < -0.4 is 15.0 Å². The number of aryl methyl sites for hydroxylation is 1. The number of anilines is 2. The number of piperazine rings is 1. The second-order valence-corrected chi connectivity index (χ2v) is 10.4. The van der Waals surface area contributed by atoms with Crippen LogP contribution in [0.5, 0.6) is 5.75 Å². The number of benzene rings is 2. The third-order valence-electron chi connectivity index (χ3n) is 7.60. The van der Waals surface area contributed by atoms with Gasteiger partial charge in [-0.25, -0.2) is 4.98 Å². The fourth-order valence-electron chi connectivity index (χ4n) is 5.36. The summed E-state index contributed by atoms with van der Waals surface area (Å²) in [6, 6.07) is 15.7. The van der Waals surface area contributed by atoms with Crippen molar-refractivity contribution in [2.75, 3.05) is 56.7 Å². The summed E-state index contributed by atoms with van der Waals surface area (Å²) in [6.45, 7) is 6.73. The lowest BCUT2D eigenvalue weighted by molar-refractivity contribution is 0.0746. The minimum atomic E-state index is 0.0221. The van der Waals surface area contributed by atoms with Crippen LogP contribution in [0.1, 0.15) is 34.3 Å². The highest BCUT2D eigenvalue weighted by molar-refractivity contribution is 5.94. The molecule has 0 saturated carbocycles. The zero-order chi connectivity index (χ0) is 27.5. The van der Waals surface area contributed by atoms with E-state index in [2.05, 4.69) is 46.0 Å². The SMILES string of the molecule is COc1ccc(C(=O)N2CCN(c3nc(NCC4CCCO4)c4ncn(Cc5cccc(C)c5)c4n3)CC2)cc1. The topological polar surface area (TPSA) is 97.6 Å². The largest absolute Gasteiger partial charge is 0.497 e. The number of fused-ring (bicyclic) bond motifs is 1. The van der Waals surface area contributed by atoms with Crippen molar-refractivity contribution in [3.05, 3.63) is 71.5 Å². The van der Waals surface area contributed by atoms with E-state index in [1.54, 1.807) is 7.11 Å². The minimum Gasteiger partial charge on any atom is -0.497 e. The molecule has 0 aliphatic carbocycles. The maximum absolute atomic E-state index is 13.1. The van der Waals surface area contributed by atoms with Gasteiger partial charge in [0.1, 0.15) is 5.75 Å². The van der Waals surface area contributed by atoms with E-state index in [1.165, 1.54) is 11.1 Å². The Labute approximate surface area is 233 Å². The molecule has 0 radical (unpaired) electrons. The Balaban J connectivity index is 1.23. The van der Waals surface area contributed by atoms with Gasteiger partial charge in [0, 0.05) is 44.9 Å². The number of methoxy groups -OCH3 is 1. The fourth-order valence-corrected chi connectivity index (χ4v) is 5.36. The van der Waals surface area contributed by atoms with Gasteiger partial charge in [0.25, 0.3) is 5.91 Å². The normalized spacial score (nSPS) is 17.4. The number of imidazole rings is 1. The van der Waals surface area contributed by atoms with E-state index in [1.807, 2.05) is 35.5 Å². The Hall–Kier alpha value is -4.18. The van der Waals surface area contributed by atoms with Crippen molar-refractivity contribution in [3.8, 4) is 5.75 Å². The molecule has 2 aliphatic heterocycles. The Morgan fingerprint density at radius 3 is 2.65 bits per heavy atom. The predicted octanol–water partition coefficient (Wildman–Crippen LogP) is 3.74. The molecule has 2 saturated heterocycles. The van der Waals surface area contributed by atoms with Gasteiger partial charge in [-0.1, -0.05) is 29.8 Å². The number of carbonyl (C=O) groups excluding carboxylic acids is 1. The molecular formula is C30H35N7O3. The van der Waals surface area contributed by atoms with Crippen molar-refractivity contribution in [1.82, 2.24) is 24.4 Å². The summed E-state index contributed by atoms with van der Waals surface area (Å²) in [5.41, 5.74) is 4.62. The highest BCUT2D eigenvalue weighted by Gasteiger charge is 2.26. The van der Waals surface area contributed by atoms with Crippen LogP contribution in [0, 0.1) is 6.92 Å². The molecule has 0 spiro atoms. The van der Waals surface area contributed by atoms with E-state index in [4.69, 9.17) is 24.4 Å². The summed E-state index contributed by atoms with van der Waals surface area (Å²) in [5.74, 6) is 2.12. The van der Waals surface area contributed by atoms with Crippen LogP contribution in [-0.4, -0.2) is 82.9 Å². The standard InChI is InChI=1S/C30H35N7O3/c1-21-5-3-6-22(17-21)19-37-20-32-26-27(31-18-25-7-4-16-40-25)33-30(34-28(26)37)36-14-12-35(13-15-36)29(38)23-8-10-24(39-2)11-9-23/h3,5-6,8-11,17,20,25H,4,7,12-16,18-19H2,1-2H3,(H,31,33,34). The predicted molar refractivity (Wildman–Crippen MR) is 154 cm³/mol. The van der Waals surface area contributed by atoms with E-state index >= 15 is 0 Å². The van der Waals surface area contributed by atoms with Crippen LogP contribution in [0.25, 0.3) is 11.2 Å². The first kappa shape index (κ1) is 26.1. The van der Waals surface area contributed by atoms with Gasteiger partial charge in [0.2, 0.25) is 5.95 Å². The van der Waals surface area contributed by atoms with E-state index in [9.17, 15) is 4.79 Å². The molecule has 208 valence electrons. The average Bonchev–Trinajstić information content (AvgIpc) is 3.66. The van der Waals surface area contributed by atoms with Crippen molar-refractivity contribution >= 4 is 28.8 Å². The van der Waals surface area contributed by atoms with Crippen LogP contribution in [0.2, 0.25) is 0 Å². The molecule has 0 bridgehead atoms. The second-order valence-electron chi connectivity index (χ2n) is 10.4. The molecule has 2 aromatic carbocycles. The van der Waals surface area contributed by atoms with E-state index < -0.39 is 0 Å². The summed E-state index contributed by atoms with van der Waals surface area (Å²) >= 11 is 0. The van der Waals surface area contributed by atoms with Crippen LogP contribution in [0.15, 0.2) is 54.9 Å². The van der Waals surface area contributed by atoms with E-state index in [0.29, 0.717) is 50.8 Å². The molecule has 6 rings (SSSR count). The maximum atomic E-state index is 13.1. The average molecular weight is 542 g/mol. The van der Waals surface area contributed by atoms with Gasteiger partial charge in [-0.05, 0) is 49.6 Å². The molecule has 1 amide bonds. The fraction of sp³-hybridized carbons (Fsp3) is 0.400. The van der Waals surface area contributed by atoms with Gasteiger partial charge in [-0.2, -0.15) is 9.97 Å². The lowest BCUT2D eigenvalue weighted by atomic mass is 10.1. The van der Waals surface area contributed by atoms with E-state index in [0.717, 1.165) is 42.2 Å². The highest BCUT2D eigenvalue weighted by Crippen LogP contribution is 2.25. The summed E-state index contributed by atoms with van der Waals surface area (Å²) in [4.78, 5) is 31.7. The number of amides is 1. The quantitative estimate of drug-likeness (QED) is 0.360. The maximum Gasteiger partial charge on any atom is 0.253 e. The number of aromatic nitrogens is 4. The molecule has 1 N–H and O–H groups in total.